The summed E-state index contributed by atoms with van der Waals surface area (Å²) < 4.78 is 34.2. The third kappa shape index (κ3) is 4.98. The summed E-state index contributed by atoms with van der Waals surface area (Å²) in [5, 5.41) is 0. The van der Waals surface area contributed by atoms with Crippen molar-refractivity contribution in [2.24, 2.45) is 0 Å². The third-order valence-electron chi connectivity index (χ3n) is 5.22. The van der Waals surface area contributed by atoms with Gasteiger partial charge in [-0.2, -0.15) is 0 Å². The Hall–Kier alpha value is -3.64. The second-order valence-electron chi connectivity index (χ2n) is 7.56. The van der Waals surface area contributed by atoms with Gasteiger partial charge in [-0.25, -0.2) is 13.4 Å². The minimum atomic E-state index is -3.71. The zero-order valence-electron chi connectivity index (χ0n) is 17.9. The first-order chi connectivity index (χ1) is 15.4. The van der Waals surface area contributed by atoms with Crippen molar-refractivity contribution >= 4 is 15.7 Å². The zero-order valence-corrected chi connectivity index (χ0v) is 18.7. The Morgan fingerprint density at radius 2 is 1.41 bits per heavy atom. The predicted octanol–water partition coefficient (Wildman–Crippen LogP) is 5.67. The van der Waals surface area contributed by atoms with Crippen molar-refractivity contribution in [2.45, 2.75) is 24.8 Å². The number of nitrogens with zero attached hydrogens (tertiary/aromatic N) is 1. The van der Waals surface area contributed by atoms with E-state index in [1.54, 1.807) is 30.3 Å². The number of nitrogens with one attached hydrogen (secondary N) is 1. The van der Waals surface area contributed by atoms with E-state index in [4.69, 9.17) is 4.74 Å². The number of pyridine rings is 1. The van der Waals surface area contributed by atoms with E-state index in [2.05, 4.69) is 9.71 Å². The molecule has 5 nitrogen and oxygen atoms in total. The first-order valence-corrected chi connectivity index (χ1v) is 11.7. The molecule has 4 aromatic rings. The summed E-state index contributed by atoms with van der Waals surface area (Å²) in [6.45, 7) is 3.83. The third-order valence-corrected chi connectivity index (χ3v) is 6.60. The Morgan fingerprint density at radius 1 is 0.781 bits per heavy atom. The quantitative estimate of drug-likeness (QED) is 0.399. The molecule has 0 atom stereocenters. The first kappa shape index (κ1) is 21.6. The smallest absolute Gasteiger partial charge is 0.261 e. The molecule has 0 spiro atoms. The summed E-state index contributed by atoms with van der Waals surface area (Å²) in [6, 6.07) is 28.2. The molecule has 6 heteroatoms. The lowest BCUT2D eigenvalue weighted by molar-refractivity contribution is 0.237. The van der Waals surface area contributed by atoms with Gasteiger partial charge in [0.05, 0.1) is 16.8 Å². The van der Waals surface area contributed by atoms with Crippen LogP contribution < -0.4 is 9.46 Å². The van der Waals surface area contributed by atoms with Gasteiger partial charge in [0.15, 0.2) is 6.10 Å². The standard InChI is InChI=1S/C26H24N2O3S/c1-19-13-15-24(17-20(19)2)32(29,30)28-23-14-16-25(27-18-23)31-26(21-9-5-3-6-10-21)22-11-7-4-8-12-22/h3-18,26,28H,1-2H3. The lowest BCUT2D eigenvalue weighted by Crippen LogP contribution is -2.14. The molecule has 0 amide bonds. The van der Waals surface area contributed by atoms with Crippen molar-refractivity contribution in [3.63, 3.8) is 0 Å². The van der Waals surface area contributed by atoms with Crippen LogP contribution >= 0.6 is 0 Å². The summed E-state index contributed by atoms with van der Waals surface area (Å²) >= 11 is 0. The van der Waals surface area contributed by atoms with Crippen molar-refractivity contribution in [3.05, 3.63) is 119 Å². The van der Waals surface area contributed by atoms with Gasteiger partial charge in [-0.3, -0.25) is 4.72 Å². The Labute approximate surface area is 188 Å². The number of aromatic nitrogens is 1. The Bertz CT molecular complexity index is 1250. The average Bonchev–Trinajstić information content (AvgIpc) is 2.81. The van der Waals surface area contributed by atoms with Crippen LogP contribution in [0.15, 0.2) is 102 Å². The maximum absolute atomic E-state index is 12.7. The molecule has 1 aromatic heterocycles. The van der Waals surface area contributed by atoms with E-state index >= 15 is 0 Å². The molecule has 32 heavy (non-hydrogen) atoms. The van der Waals surface area contributed by atoms with Crippen LogP contribution in [0.3, 0.4) is 0 Å². The minimum absolute atomic E-state index is 0.217. The van der Waals surface area contributed by atoms with Gasteiger partial charge in [-0.1, -0.05) is 66.7 Å². The van der Waals surface area contributed by atoms with E-state index in [0.29, 0.717) is 11.6 Å². The molecule has 0 aliphatic heterocycles. The van der Waals surface area contributed by atoms with Crippen LogP contribution in [0, 0.1) is 13.8 Å². The molecule has 162 valence electrons. The normalized spacial score (nSPS) is 11.3. The van der Waals surface area contributed by atoms with Gasteiger partial charge in [0.2, 0.25) is 5.88 Å². The SMILES string of the molecule is Cc1ccc(S(=O)(=O)Nc2ccc(OC(c3ccccc3)c3ccccc3)nc2)cc1C. The second kappa shape index (κ2) is 9.24. The van der Waals surface area contributed by atoms with Crippen LogP contribution in [-0.4, -0.2) is 13.4 Å². The first-order valence-electron chi connectivity index (χ1n) is 10.2. The molecule has 0 radical (unpaired) electrons. The number of benzene rings is 3. The largest absolute Gasteiger partial charge is 0.465 e. The lowest BCUT2D eigenvalue weighted by Gasteiger charge is -2.19. The number of sulfonamides is 1. The number of rotatable bonds is 7. The maximum atomic E-state index is 12.7. The number of anilines is 1. The van der Waals surface area contributed by atoms with Gasteiger partial charge in [0.1, 0.15) is 0 Å². The van der Waals surface area contributed by atoms with Gasteiger partial charge in [0.25, 0.3) is 10.0 Å². The molecule has 0 saturated heterocycles. The molecule has 0 unspecified atom stereocenters. The zero-order chi connectivity index (χ0) is 22.6. The molecule has 0 fully saturated rings. The monoisotopic (exact) mass is 444 g/mol. The molecule has 0 aliphatic rings. The van der Waals surface area contributed by atoms with Crippen molar-refractivity contribution in [3.8, 4) is 5.88 Å². The molecule has 0 saturated carbocycles. The highest BCUT2D eigenvalue weighted by atomic mass is 32.2. The molecule has 1 heterocycles. The van der Waals surface area contributed by atoms with Crippen molar-refractivity contribution in [1.82, 2.24) is 4.98 Å². The van der Waals surface area contributed by atoms with Crippen LogP contribution in [-0.2, 0) is 10.0 Å². The Morgan fingerprint density at radius 3 is 1.94 bits per heavy atom. The van der Waals surface area contributed by atoms with Crippen LogP contribution in [0.1, 0.15) is 28.4 Å². The number of hydrogen-bond donors (Lipinski definition) is 1. The predicted molar refractivity (Wildman–Crippen MR) is 126 cm³/mol. The fourth-order valence-electron chi connectivity index (χ4n) is 3.31. The molecule has 0 bridgehead atoms. The fourth-order valence-corrected chi connectivity index (χ4v) is 4.44. The van der Waals surface area contributed by atoms with E-state index in [1.807, 2.05) is 74.5 Å². The van der Waals surface area contributed by atoms with Crippen LogP contribution in [0.5, 0.6) is 5.88 Å². The van der Waals surface area contributed by atoms with Gasteiger partial charge in [-0.15, -0.1) is 0 Å². The maximum Gasteiger partial charge on any atom is 0.261 e. The average molecular weight is 445 g/mol. The molecular formula is C26H24N2O3S. The van der Waals surface area contributed by atoms with Crippen molar-refractivity contribution in [2.75, 3.05) is 4.72 Å². The molecule has 0 aliphatic carbocycles. The van der Waals surface area contributed by atoms with Crippen molar-refractivity contribution < 1.29 is 13.2 Å². The number of aryl methyl sites for hydroxylation is 2. The summed E-state index contributed by atoms with van der Waals surface area (Å²) in [7, 11) is -3.71. The van der Waals surface area contributed by atoms with Gasteiger partial charge < -0.3 is 4.74 Å². The fraction of sp³-hybridized carbons (Fsp3) is 0.115. The molecule has 4 rings (SSSR count). The van der Waals surface area contributed by atoms with E-state index in [-0.39, 0.29) is 11.0 Å². The summed E-state index contributed by atoms with van der Waals surface area (Å²) in [5.74, 6) is 0.400. The second-order valence-corrected chi connectivity index (χ2v) is 9.24. The lowest BCUT2D eigenvalue weighted by atomic mass is 10.0. The highest BCUT2D eigenvalue weighted by molar-refractivity contribution is 7.92. The van der Waals surface area contributed by atoms with Crippen LogP contribution in [0.4, 0.5) is 5.69 Å². The van der Waals surface area contributed by atoms with Crippen LogP contribution in [0.25, 0.3) is 0 Å². The van der Waals surface area contributed by atoms with Crippen molar-refractivity contribution in [1.29, 1.82) is 0 Å². The highest BCUT2D eigenvalue weighted by Crippen LogP contribution is 2.28. The van der Waals surface area contributed by atoms with Crippen LogP contribution in [0.2, 0.25) is 0 Å². The minimum Gasteiger partial charge on any atom is -0.465 e. The van der Waals surface area contributed by atoms with Gasteiger partial charge in [0, 0.05) is 6.07 Å². The van der Waals surface area contributed by atoms with Gasteiger partial charge >= 0.3 is 0 Å². The number of ether oxygens (including phenoxy) is 1. The van der Waals surface area contributed by atoms with E-state index < -0.39 is 10.0 Å². The van der Waals surface area contributed by atoms with E-state index in [1.165, 1.54) is 6.20 Å². The number of hydrogen-bond acceptors (Lipinski definition) is 4. The Kier molecular flexibility index (Phi) is 6.23. The molecule has 1 N–H and O–H groups in total. The molecular weight excluding hydrogens is 420 g/mol. The Balaban J connectivity index is 1.54. The molecule has 3 aromatic carbocycles. The van der Waals surface area contributed by atoms with E-state index in [9.17, 15) is 8.42 Å². The highest BCUT2D eigenvalue weighted by Gasteiger charge is 2.18. The van der Waals surface area contributed by atoms with E-state index in [0.717, 1.165) is 22.3 Å². The summed E-state index contributed by atoms with van der Waals surface area (Å²) in [5.41, 5.74) is 4.33. The summed E-state index contributed by atoms with van der Waals surface area (Å²) in [6.07, 6.45) is 1.13. The topological polar surface area (TPSA) is 68.3 Å². The summed E-state index contributed by atoms with van der Waals surface area (Å²) in [4.78, 5) is 4.55. The van der Waals surface area contributed by atoms with Gasteiger partial charge in [-0.05, 0) is 54.3 Å².